The van der Waals surface area contributed by atoms with Gasteiger partial charge in [0.25, 0.3) is 5.91 Å². The molecule has 17 heteroatoms. The van der Waals surface area contributed by atoms with E-state index in [1.165, 1.54) is 0 Å². The summed E-state index contributed by atoms with van der Waals surface area (Å²) in [4.78, 5) is 67.7. The first-order chi connectivity index (χ1) is 31.4. The Hall–Kier alpha value is -5.19. The number of carbonyl (C=O) groups excluding carboxylic acids is 4. The number of carbonyl (C=O) groups is 4. The fourth-order valence-electron chi connectivity index (χ4n) is 7.90. The summed E-state index contributed by atoms with van der Waals surface area (Å²) < 4.78 is 16.5. The molecule has 2 unspecified atom stereocenters. The van der Waals surface area contributed by atoms with Crippen molar-refractivity contribution in [2.75, 3.05) is 69.9 Å². The molecule has 64 heavy (non-hydrogen) atoms. The number of hydrogen-bond donors (Lipinski definition) is 5. The number of amides is 5. The van der Waals surface area contributed by atoms with Crippen LogP contribution in [0.3, 0.4) is 0 Å². The van der Waals surface area contributed by atoms with E-state index in [9.17, 15) is 19.2 Å². The predicted octanol–water partition coefficient (Wildman–Crippen LogP) is 4.91. The van der Waals surface area contributed by atoms with Gasteiger partial charge >= 0.3 is 12.1 Å². The summed E-state index contributed by atoms with van der Waals surface area (Å²) in [5, 5.41) is 12.1. The van der Waals surface area contributed by atoms with Crippen LogP contribution in [0.1, 0.15) is 83.6 Å². The Labute approximate surface area is 378 Å². The second-order valence-corrected chi connectivity index (χ2v) is 17.2. The van der Waals surface area contributed by atoms with E-state index >= 15 is 0 Å². The minimum Gasteiger partial charge on any atom is -0.445 e. The number of fused-ring (bicyclic) bond motifs is 3. The van der Waals surface area contributed by atoms with E-state index in [0.29, 0.717) is 88.1 Å². The highest BCUT2D eigenvalue weighted by atomic mass is 32.2. The van der Waals surface area contributed by atoms with Crippen LogP contribution < -0.4 is 31.6 Å². The Morgan fingerprint density at radius 2 is 1.52 bits per heavy atom. The van der Waals surface area contributed by atoms with Crippen LogP contribution in [0.5, 0.6) is 0 Å². The van der Waals surface area contributed by atoms with Crippen molar-refractivity contribution >= 4 is 41.4 Å². The maximum Gasteiger partial charge on any atom is 0.407 e. The van der Waals surface area contributed by atoms with Gasteiger partial charge in [-0.1, -0.05) is 66.8 Å². The molecule has 5 atom stereocenters. The molecule has 0 radical (unpaired) electrons. The highest BCUT2D eigenvalue weighted by Gasteiger charge is 2.42. The van der Waals surface area contributed by atoms with Gasteiger partial charge in [0, 0.05) is 54.9 Å². The molecule has 0 spiro atoms. The summed E-state index contributed by atoms with van der Waals surface area (Å²) in [5.74, 6) is 7.28. The molecule has 4 heterocycles. The van der Waals surface area contributed by atoms with Gasteiger partial charge in [-0.25, -0.2) is 19.4 Å². The molecule has 16 nitrogen and oxygen atoms in total. The Bertz CT molecular complexity index is 2080. The number of nitrogens with one attached hydrogen (secondary N) is 5. The molecule has 4 aliphatic rings. The van der Waals surface area contributed by atoms with Crippen LogP contribution in [0.4, 0.5) is 15.3 Å². The Morgan fingerprint density at radius 1 is 0.797 bits per heavy atom. The number of thioether (sulfide) groups is 1. The zero-order chi connectivity index (χ0) is 44.4. The maximum atomic E-state index is 13.8. The molecule has 0 bridgehead atoms. The molecule has 0 aromatic heterocycles. The van der Waals surface area contributed by atoms with Crippen molar-refractivity contribution in [2.45, 2.75) is 81.0 Å². The normalized spacial score (nSPS) is 20.8. The zero-order valence-corrected chi connectivity index (χ0v) is 36.8. The van der Waals surface area contributed by atoms with E-state index in [-0.39, 0.29) is 61.9 Å². The average Bonchev–Trinajstić information content (AvgIpc) is 4.04. The molecule has 0 saturated carbocycles. The topological polar surface area (TPSA) is 187 Å². The monoisotopic (exact) mass is 898 g/mol. The van der Waals surface area contributed by atoms with Crippen molar-refractivity contribution in [1.29, 1.82) is 0 Å². The Kier molecular flexibility index (Phi) is 18.1. The van der Waals surface area contributed by atoms with Gasteiger partial charge in [-0.15, -0.1) is 0 Å². The largest absolute Gasteiger partial charge is 0.445 e. The average molecular weight is 899 g/mol. The highest BCUT2D eigenvalue weighted by Crippen LogP contribution is 2.33. The van der Waals surface area contributed by atoms with Crippen molar-refractivity contribution in [3.8, 4) is 11.8 Å². The summed E-state index contributed by atoms with van der Waals surface area (Å²) in [6.07, 6.45) is 4.54. The molecular weight excluding hydrogens is 841 g/mol. The summed E-state index contributed by atoms with van der Waals surface area (Å²) in [6, 6.07) is 23.2. The van der Waals surface area contributed by atoms with Crippen LogP contribution in [-0.4, -0.2) is 112 Å². The third-order valence-electron chi connectivity index (χ3n) is 11.3. The van der Waals surface area contributed by atoms with Crippen molar-refractivity contribution in [2.24, 2.45) is 0 Å². The van der Waals surface area contributed by atoms with Gasteiger partial charge in [0.15, 0.2) is 0 Å². The summed E-state index contributed by atoms with van der Waals surface area (Å²) in [7, 11) is 0. The number of unbranched alkanes of at least 4 members (excludes halogenated alkanes) is 1. The number of rotatable bonds is 25. The fourth-order valence-corrected chi connectivity index (χ4v) is 9.45. The van der Waals surface area contributed by atoms with E-state index in [4.69, 9.17) is 28.8 Å². The van der Waals surface area contributed by atoms with Crippen LogP contribution >= 0.6 is 11.8 Å². The lowest BCUT2D eigenvalue weighted by atomic mass is 9.99. The standard InChI is InChI=1S/C47H58N6O10S/c54-43(14-6-5-13-42-44-40(32-64-42)50-46(56)51-44)48-21-7-23-58-25-27-61-62-28-26-59-24-8-22-49-47(57)60-31-33-15-17-35(18-16-33)39-29-37(63-52-39)30-53-41-12-4-2-10-36(41)20-19-34-9-1-3-11-38(34)45(53)55/h1-4,9-12,15-18,37,39-40,42,44,52H,5-8,13-14,21-32H2,(H,48,54)(H,49,57)(H2,50,51,56)/t37?,39?,40-,42-,44-/m0/s1. The molecule has 0 aliphatic carbocycles. The van der Waals surface area contributed by atoms with E-state index in [2.05, 4.69) is 38.6 Å². The van der Waals surface area contributed by atoms with Crippen LogP contribution in [0, 0.1) is 11.8 Å². The van der Waals surface area contributed by atoms with Crippen LogP contribution in [0.25, 0.3) is 0 Å². The maximum absolute atomic E-state index is 13.8. The third kappa shape index (κ3) is 13.9. The Morgan fingerprint density at radius 3 is 2.31 bits per heavy atom. The lowest BCUT2D eigenvalue weighted by Gasteiger charge is -2.27. The van der Waals surface area contributed by atoms with Crippen LogP contribution in [-0.2, 0) is 40.2 Å². The Balaban J connectivity index is 0.651. The third-order valence-corrected chi connectivity index (χ3v) is 12.8. The summed E-state index contributed by atoms with van der Waals surface area (Å²) in [6.45, 7) is 3.67. The molecule has 4 aliphatic heterocycles. The first-order valence-electron chi connectivity index (χ1n) is 22.2. The quantitative estimate of drug-likeness (QED) is 0.0255. The second kappa shape index (κ2) is 24.8. The van der Waals surface area contributed by atoms with Crippen LogP contribution in [0.2, 0.25) is 0 Å². The van der Waals surface area contributed by atoms with E-state index in [1.807, 2.05) is 84.6 Å². The number of hydrogen-bond acceptors (Lipinski definition) is 12. The highest BCUT2D eigenvalue weighted by molar-refractivity contribution is 8.00. The van der Waals surface area contributed by atoms with Gasteiger partial charge in [0.2, 0.25) is 5.91 Å². The van der Waals surface area contributed by atoms with Gasteiger partial charge < -0.3 is 40.4 Å². The first-order valence-corrected chi connectivity index (χ1v) is 23.2. The lowest BCUT2D eigenvalue weighted by Crippen LogP contribution is -2.39. The van der Waals surface area contributed by atoms with Crippen LogP contribution in [0.15, 0.2) is 72.8 Å². The molecule has 3 aromatic carbocycles. The SMILES string of the molecule is O=C(CCCC[C@@H]1SC[C@@H]2NC(=O)N[C@@H]21)NCCCOCCOOCCOCCCNC(=O)OCc1ccc(C2CC(CN3C(=O)c4ccccc4C#Cc4ccccc43)ON2)cc1. The van der Waals surface area contributed by atoms with Gasteiger partial charge in [0.1, 0.15) is 19.8 Å². The smallest absolute Gasteiger partial charge is 0.407 e. The number of nitrogens with zero attached hydrogens (tertiary/aromatic N) is 1. The van der Waals surface area contributed by atoms with Crippen molar-refractivity contribution in [1.82, 2.24) is 26.7 Å². The number of hydroxylamine groups is 1. The zero-order valence-electron chi connectivity index (χ0n) is 36.0. The molecule has 5 amide bonds. The summed E-state index contributed by atoms with van der Waals surface area (Å²) >= 11 is 1.90. The van der Waals surface area contributed by atoms with E-state index in [0.717, 1.165) is 47.4 Å². The molecular formula is C47H58N6O10S. The lowest BCUT2D eigenvalue weighted by molar-refractivity contribution is -0.303. The second-order valence-electron chi connectivity index (χ2n) is 15.9. The summed E-state index contributed by atoms with van der Waals surface area (Å²) in [5.41, 5.74) is 7.85. The minimum absolute atomic E-state index is 0.0524. The predicted molar refractivity (Wildman–Crippen MR) is 240 cm³/mol. The number of ether oxygens (including phenoxy) is 3. The molecule has 5 N–H and O–H groups in total. The van der Waals surface area contributed by atoms with Crippen molar-refractivity contribution in [3.63, 3.8) is 0 Å². The number of urea groups is 1. The number of alkyl carbamates (subject to hydrolysis) is 1. The number of benzene rings is 3. The van der Waals surface area contributed by atoms with Gasteiger partial charge in [-0.3, -0.25) is 14.4 Å². The minimum atomic E-state index is -0.505. The molecule has 7 rings (SSSR count). The number of para-hydroxylation sites is 1. The van der Waals surface area contributed by atoms with Crippen molar-refractivity contribution in [3.05, 3.63) is 101 Å². The molecule has 342 valence electrons. The van der Waals surface area contributed by atoms with Gasteiger partial charge in [0.05, 0.1) is 55.2 Å². The fraction of sp³-hybridized carbons (Fsp3) is 0.489. The molecule has 3 saturated heterocycles. The molecule has 3 aromatic rings. The molecule has 3 fully saturated rings. The van der Waals surface area contributed by atoms with Crippen molar-refractivity contribution < 1.29 is 48.0 Å². The van der Waals surface area contributed by atoms with Gasteiger partial charge in [-0.05, 0) is 67.5 Å². The van der Waals surface area contributed by atoms with Gasteiger partial charge in [-0.2, -0.15) is 17.2 Å². The number of anilines is 1. The van der Waals surface area contributed by atoms with E-state index < -0.39 is 6.09 Å². The van der Waals surface area contributed by atoms with E-state index in [1.54, 1.807) is 4.90 Å². The first kappa shape index (κ1) is 46.8.